The number of nitrogens with zero attached hydrogens (tertiary/aromatic N) is 2. The van der Waals surface area contributed by atoms with Gasteiger partial charge < -0.3 is 5.11 Å². The van der Waals surface area contributed by atoms with Crippen molar-refractivity contribution in [1.29, 1.82) is 0 Å². The quantitative estimate of drug-likeness (QED) is 0.940. The van der Waals surface area contributed by atoms with Crippen molar-refractivity contribution in [2.75, 3.05) is 6.54 Å². The zero-order chi connectivity index (χ0) is 14.8. The standard InChI is InChI=1S/C17H18N2O2/c1-12-6-7-13(8-18-12)9-19-10-14-4-2-3-5-15(14)16(11-19)17(20)21/h2-8,16H,9-11H2,1H3,(H,20,21). The minimum atomic E-state index is -0.755. The predicted molar refractivity (Wildman–Crippen MR) is 79.9 cm³/mol. The topological polar surface area (TPSA) is 53.4 Å². The first-order chi connectivity index (χ1) is 10.1. The van der Waals surface area contributed by atoms with Crippen LogP contribution in [0.4, 0.5) is 0 Å². The van der Waals surface area contributed by atoms with Crippen molar-refractivity contribution in [1.82, 2.24) is 9.88 Å². The van der Waals surface area contributed by atoms with E-state index >= 15 is 0 Å². The second-order valence-electron chi connectivity index (χ2n) is 5.57. The molecule has 0 fully saturated rings. The molecule has 1 N–H and O–H groups in total. The summed E-state index contributed by atoms with van der Waals surface area (Å²) in [7, 11) is 0. The molecule has 0 aliphatic carbocycles. The summed E-state index contributed by atoms with van der Waals surface area (Å²) in [5.41, 5.74) is 4.16. The molecular formula is C17H18N2O2. The number of pyridine rings is 1. The van der Waals surface area contributed by atoms with Crippen molar-refractivity contribution in [2.45, 2.75) is 25.9 Å². The Bertz CT molecular complexity index is 652. The van der Waals surface area contributed by atoms with Gasteiger partial charge in [0.15, 0.2) is 0 Å². The van der Waals surface area contributed by atoms with Crippen molar-refractivity contribution in [2.24, 2.45) is 0 Å². The predicted octanol–water partition coefficient (Wildman–Crippen LogP) is 2.57. The molecule has 2 aromatic rings. The maximum atomic E-state index is 11.5. The molecule has 1 aliphatic rings. The second kappa shape index (κ2) is 5.66. The third-order valence-corrected chi connectivity index (χ3v) is 3.94. The highest BCUT2D eigenvalue weighted by atomic mass is 16.4. The van der Waals surface area contributed by atoms with E-state index in [0.717, 1.165) is 35.5 Å². The average molecular weight is 282 g/mol. The first kappa shape index (κ1) is 13.8. The molecular weight excluding hydrogens is 264 g/mol. The van der Waals surface area contributed by atoms with Crippen LogP contribution in [0.3, 0.4) is 0 Å². The van der Waals surface area contributed by atoms with Crippen molar-refractivity contribution in [3.8, 4) is 0 Å². The summed E-state index contributed by atoms with van der Waals surface area (Å²) < 4.78 is 0. The molecule has 1 aromatic heterocycles. The van der Waals surface area contributed by atoms with Crippen LogP contribution in [0.1, 0.15) is 28.3 Å². The van der Waals surface area contributed by atoms with Crippen molar-refractivity contribution in [3.63, 3.8) is 0 Å². The molecule has 1 aliphatic heterocycles. The van der Waals surface area contributed by atoms with Crippen LogP contribution in [0, 0.1) is 6.92 Å². The van der Waals surface area contributed by atoms with Crippen molar-refractivity contribution in [3.05, 3.63) is 65.0 Å². The summed E-state index contributed by atoms with van der Waals surface area (Å²) in [6.07, 6.45) is 1.87. The van der Waals surface area contributed by atoms with Gasteiger partial charge in [0.05, 0.1) is 5.92 Å². The normalized spacial score (nSPS) is 18.2. The van der Waals surface area contributed by atoms with Gasteiger partial charge in [-0.2, -0.15) is 0 Å². The van der Waals surface area contributed by atoms with Gasteiger partial charge in [0.25, 0.3) is 0 Å². The van der Waals surface area contributed by atoms with Gasteiger partial charge in [-0.1, -0.05) is 30.3 Å². The summed E-state index contributed by atoms with van der Waals surface area (Å²) in [6, 6.07) is 11.9. The number of carboxylic acid groups (broad SMARTS) is 1. The lowest BCUT2D eigenvalue weighted by Crippen LogP contribution is -2.36. The van der Waals surface area contributed by atoms with E-state index in [9.17, 15) is 9.90 Å². The van der Waals surface area contributed by atoms with E-state index in [-0.39, 0.29) is 0 Å². The van der Waals surface area contributed by atoms with E-state index in [1.807, 2.05) is 43.5 Å². The average Bonchev–Trinajstić information content (AvgIpc) is 2.48. The Hall–Kier alpha value is -2.20. The Labute approximate surface area is 124 Å². The highest BCUT2D eigenvalue weighted by molar-refractivity contribution is 5.77. The summed E-state index contributed by atoms with van der Waals surface area (Å²) in [5.74, 6) is -1.21. The van der Waals surface area contributed by atoms with E-state index in [2.05, 4.69) is 16.0 Å². The van der Waals surface area contributed by atoms with Gasteiger partial charge in [0, 0.05) is 31.5 Å². The van der Waals surface area contributed by atoms with Gasteiger partial charge in [0.1, 0.15) is 0 Å². The fraction of sp³-hybridized carbons (Fsp3) is 0.294. The maximum Gasteiger partial charge on any atom is 0.312 e. The fourth-order valence-corrected chi connectivity index (χ4v) is 2.86. The zero-order valence-corrected chi connectivity index (χ0v) is 12.0. The first-order valence-corrected chi connectivity index (χ1v) is 7.08. The molecule has 21 heavy (non-hydrogen) atoms. The van der Waals surface area contributed by atoms with Crippen LogP contribution < -0.4 is 0 Å². The minimum Gasteiger partial charge on any atom is -0.481 e. The van der Waals surface area contributed by atoms with E-state index < -0.39 is 11.9 Å². The van der Waals surface area contributed by atoms with Gasteiger partial charge >= 0.3 is 5.97 Å². The Kier molecular flexibility index (Phi) is 3.71. The van der Waals surface area contributed by atoms with Crippen molar-refractivity contribution >= 4 is 5.97 Å². The highest BCUT2D eigenvalue weighted by Gasteiger charge is 2.29. The van der Waals surface area contributed by atoms with Gasteiger partial charge in [-0.25, -0.2) is 0 Å². The number of carboxylic acids is 1. The number of aryl methyl sites for hydroxylation is 1. The minimum absolute atomic E-state index is 0.451. The molecule has 108 valence electrons. The number of hydrogen-bond acceptors (Lipinski definition) is 3. The molecule has 0 spiro atoms. The van der Waals surface area contributed by atoms with Gasteiger partial charge in [-0.3, -0.25) is 14.7 Å². The Balaban J connectivity index is 1.83. The van der Waals surface area contributed by atoms with E-state index in [1.54, 1.807) is 0 Å². The summed E-state index contributed by atoms with van der Waals surface area (Å²) in [4.78, 5) is 18.0. The SMILES string of the molecule is Cc1ccc(CN2Cc3ccccc3C(C(=O)O)C2)cn1. The molecule has 1 aromatic carbocycles. The van der Waals surface area contributed by atoms with Crippen LogP contribution in [-0.2, 0) is 17.9 Å². The van der Waals surface area contributed by atoms with E-state index in [1.165, 1.54) is 0 Å². The number of aliphatic carboxylic acids is 1. The molecule has 4 nitrogen and oxygen atoms in total. The largest absolute Gasteiger partial charge is 0.481 e. The number of hydrogen-bond donors (Lipinski definition) is 1. The summed E-state index contributed by atoms with van der Waals surface area (Å²) >= 11 is 0. The van der Waals surface area contributed by atoms with Crippen molar-refractivity contribution < 1.29 is 9.90 Å². The Morgan fingerprint density at radius 1 is 1.33 bits per heavy atom. The Morgan fingerprint density at radius 3 is 2.86 bits per heavy atom. The van der Waals surface area contributed by atoms with Gasteiger partial charge in [-0.15, -0.1) is 0 Å². The van der Waals surface area contributed by atoms with Crippen LogP contribution in [0.25, 0.3) is 0 Å². The summed E-state index contributed by atoms with van der Waals surface area (Å²) in [6.45, 7) is 4.01. The van der Waals surface area contributed by atoms with Crippen LogP contribution in [0.5, 0.6) is 0 Å². The van der Waals surface area contributed by atoms with E-state index in [0.29, 0.717) is 6.54 Å². The lowest BCUT2D eigenvalue weighted by molar-refractivity contribution is -0.139. The third kappa shape index (κ3) is 2.95. The van der Waals surface area contributed by atoms with Crippen LogP contribution in [-0.4, -0.2) is 27.5 Å². The third-order valence-electron chi connectivity index (χ3n) is 3.94. The van der Waals surface area contributed by atoms with Crippen LogP contribution >= 0.6 is 0 Å². The Morgan fingerprint density at radius 2 is 2.14 bits per heavy atom. The molecule has 0 bridgehead atoms. The smallest absolute Gasteiger partial charge is 0.312 e. The molecule has 2 heterocycles. The fourth-order valence-electron chi connectivity index (χ4n) is 2.86. The molecule has 0 saturated heterocycles. The first-order valence-electron chi connectivity index (χ1n) is 7.08. The highest BCUT2D eigenvalue weighted by Crippen LogP contribution is 2.29. The lowest BCUT2D eigenvalue weighted by Gasteiger charge is -2.32. The zero-order valence-electron chi connectivity index (χ0n) is 12.0. The molecule has 0 saturated carbocycles. The lowest BCUT2D eigenvalue weighted by atomic mass is 9.89. The molecule has 4 heteroatoms. The number of rotatable bonds is 3. The number of fused-ring (bicyclic) bond motifs is 1. The summed E-state index contributed by atoms with van der Waals surface area (Å²) in [5, 5.41) is 9.47. The molecule has 0 amide bonds. The number of benzene rings is 1. The maximum absolute atomic E-state index is 11.5. The van der Waals surface area contributed by atoms with E-state index in [4.69, 9.17) is 0 Å². The second-order valence-corrected chi connectivity index (χ2v) is 5.57. The van der Waals surface area contributed by atoms with Crippen LogP contribution in [0.2, 0.25) is 0 Å². The van der Waals surface area contributed by atoms with Gasteiger partial charge in [-0.05, 0) is 29.7 Å². The number of aromatic nitrogens is 1. The molecule has 3 rings (SSSR count). The number of carbonyl (C=O) groups is 1. The molecule has 1 unspecified atom stereocenters. The molecule has 1 atom stereocenters. The van der Waals surface area contributed by atoms with Crippen LogP contribution in [0.15, 0.2) is 42.6 Å². The van der Waals surface area contributed by atoms with Gasteiger partial charge in [0.2, 0.25) is 0 Å². The molecule has 0 radical (unpaired) electrons. The monoisotopic (exact) mass is 282 g/mol.